The van der Waals surface area contributed by atoms with E-state index in [4.69, 9.17) is 16.3 Å². The molecule has 0 bridgehead atoms. The maximum atomic E-state index is 12.9. The molecule has 0 aliphatic carbocycles. The molecule has 0 unspecified atom stereocenters. The highest BCUT2D eigenvalue weighted by Gasteiger charge is 2.34. The molecular weight excluding hydrogens is 384 g/mol. The number of hydrogen-bond acceptors (Lipinski definition) is 3. The second-order valence-corrected chi connectivity index (χ2v) is 8.39. The fourth-order valence-corrected chi connectivity index (χ4v) is 4.16. The Bertz CT molecular complexity index is 1040. The quantitative estimate of drug-likeness (QED) is 0.554. The van der Waals surface area contributed by atoms with Crippen LogP contribution in [0.1, 0.15) is 33.1 Å². The van der Waals surface area contributed by atoms with E-state index >= 15 is 0 Å². The Hall–Kier alpha value is -2.59. The van der Waals surface area contributed by atoms with Crippen molar-refractivity contribution in [3.05, 3.63) is 59.8 Å². The Balaban J connectivity index is 1.63. The second kappa shape index (κ2) is 8.03. The molecule has 150 valence electrons. The first-order chi connectivity index (χ1) is 14.0. The van der Waals surface area contributed by atoms with Gasteiger partial charge < -0.3 is 9.64 Å². The van der Waals surface area contributed by atoms with Gasteiger partial charge in [-0.3, -0.25) is 9.78 Å². The third-order valence-corrected chi connectivity index (χ3v) is 5.74. The lowest BCUT2D eigenvalue weighted by Gasteiger charge is -2.34. The van der Waals surface area contributed by atoms with Crippen molar-refractivity contribution >= 4 is 28.4 Å². The van der Waals surface area contributed by atoms with E-state index in [1.54, 1.807) is 6.20 Å². The molecular formula is C24H25ClN2O2. The molecule has 4 nitrogen and oxygen atoms in total. The highest BCUT2D eigenvalue weighted by molar-refractivity contribution is 6.33. The van der Waals surface area contributed by atoms with Gasteiger partial charge in [0.15, 0.2) is 5.60 Å². The highest BCUT2D eigenvalue weighted by atomic mass is 35.5. The van der Waals surface area contributed by atoms with Crippen LogP contribution in [0.2, 0.25) is 5.02 Å². The molecule has 1 amide bonds. The van der Waals surface area contributed by atoms with Crippen LogP contribution >= 0.6 is 11.6 Å². The molecule has 0 radical (unpaired) electrons. The van der Waals surface area contributed by atoms with Crippen LogP contribution in [-0.2, 0) is 4.79 Å². The molecule has 5 heteroatoms. The number of benzene rings is 2. The summed E-state index contributed by atoms with van der Waals surface area (Å²) in [5, 5.41) is 1.70. The number of aromatic nitrogens is 1. The van der Waals surface area contributed by atoms with Crippen LogP contribution in [0.5, 0.6) is 5.75 Å². The standard InChI is InChI=1S/C24H25ClN2O2/c1-24(2,23(28)27-14-6-3-7-15-27)29-17-10-11-20-18(12-13-26-22(20)16-17)19-8-4-5-9-21(19)25/h4-5,8-13,16H,3,6-7,14-15H2,1-2H3. The van der Waals surface area contributed by atoms with E-state index in [0.29, 0.717) is 10.8 Å². The number of ether oxygens (including phenoxy) is 1. The highest BCUT2D eigenvalue weighted by Crippen LogP contribution is 2.34. The van der Waals surface area contributed by atoms with Crippen LogP contribution in [0, 0.1) is 0 Å². The molecule has 2 heterocycles. The maximum Gasteiger partial charge on any atom is 0.266 e. The largest absolute Gasteiger partial charge is 0.478 e. The Morgan fingerprint density at radius 2 is 1.79 bits per heavy atom. The minimum absolute atomic E-state index is 0.0371. The number of amides is 1. The number of likely N-dealkylation sites (tertiary alicyclic amines) is 1. The number of pyridine rings is 1. The summed E-state index contributed by atoms with van der Waals surface area (Å²) in [5.41, 5.74) is 1.87. The van der Waals surface area contributed by atoms with E-state index in [2.05, 4.69) is 4.98 Å². The first-order valence-corrected chi connectivity index (χ1v) is 10.5. The van der Waals surface area contributed by atoms with Gasteiger partial charge in [0.05, 0.1) is 5.52 Å². The maximum absolute atomic E-state index is 12.9. The summed E-state index contributed by atoms with van der Waals surface area (Å²) in [4.78, 5) is 19.4. The number of carbonyl (C=O) groups is 1. The van der Waals surface area contributed by atoms with Gasteiger partial charge in [-0.05, 0) is 62.9 Å². The number of fused-ring (bicyclic) bond motifs is 1. The van der Waals surface area contributed by atoms with Crippen molar-refractivity contribution < 1.29 is 9.53 Å². The van der Waals surface area contributed by atoms with Crippen LogP contribution in [0.4, 0.5) is 0 Å². The summed E-state index contributed by atoms with van der Waals surface area (Å²) in [6, 6.07) is 15.5. The zero-order valence-corrected chi connectivity index (χ0v) is 17.6. The van der Waals surface area contributed by atoms with Crippen molar-refractivity contribution in [2.75, 3.05) is 13.1 Å². The summed E-state index contributed by atoms with van der Waals surface area (Å²) >= 11 is 6.40. The summed E-state index contributed by atoms with van der Waals surface area (Å²) in [7, 11) is 0. The van der Waals surface area contributed by atoms with Crippen LogP contribution in [0.15, 0.2) is 54.7 Å². The van der Waals surface area contributed by atoms with Gasteiger partial charge in [-0.25, -0.2) is 0 Å². The third-order valence-electron chi connectivity index (χ3n) is 5.41. The third kappa shape index (κ3) is 4.08. The average Bonchev–Trinajstić information content (AvgIpc) is 2.73. The van der Waals surface area contributed by atoms with Gasteiger partial charge in [0.2, 0.25) is 0 Å². The van der Waals surface area contributed by atoms with E-state index in [1.807, 2.05) is 67.3 Å². The number of nitrogens with zero attached hydrogens (tertiary/aromatic N) is 2. The molecule has 1 saturated heterocycles. The van der Waals surface area contributed by atoms with Gasteiger partial charge in [-0.15, -0.1) is 0 Å². The fraction of sp³-hybridized carbons (Fsp3) is 0.333. The molecule has 1 aliphatic heterocycles. The summed E-state index contributed by atoms with van der Waals surface area (Å²) in [5.74, 6) is 0.673. The topological polar surface area (TPSA) is 42.4 Å². The van der Waals surface area contributed by atoms with Crippen molar-refractivity contribution in [1.29, 1.82) is 0 Å². The summed E-state index contributed by atoms with van der Waals surface area (Å²) in [6.45, 7) is 5.29. The fourth-order valence-electron chi connectivity index (χ4n) is 3.92. The monoisotopic (exact) mass is 408 g/mol. The minimum atomic E-state index is -0.925. The molecule has 29 heavy (non-hydrogen) atoms. The number of piperidine rings is 1. The van der Waals surface area contributed by atoms with Crippen LogP contribution in [-0.4, -0.2) is 34.5 Å². The van der Waals surface area contributed by atoms with Crippen molar-refractivity contribution in [3.8, 4) is 16.9 Å². The summed E-state index contributed by atoms with van der Waals surface area (Å²) < 4.78 is 6.14. The number of rotatable bonds is 4. The Morgan fingerprint density at radius 3 is 2.55 bits per heavy atom. The normalized spacial score (nSPS) is 14.8. The van der Waals surface area contributed by atoms with Crippen molar-refractivity contribution in [1.82, 2.24) is 9.88 Å². The first-order valence-electron chi connectivity index (χ1n) is 10.1. The van der Waals surface area contributed by atoms with Gasteiger partial charge >= 0.3 is 0 Å². The Labute approximate surface area is 176 Å². The zero-order chi connectivity index (χ0) is 20.4. The van der Waals surface area contributed by atoms with Crippen LogP contribution in [0.3, 0.4) is 0 Å². The molecule has 0 N–H and O–H groups in total. The van der Waals surface area contributed by atoms with E-state index < -0.39 is 5.60 Å². The van der Waals surface area contributed by atoms with E-state index in [9.17, 15) is 4.79 Å². The minimum Gasteiger partial charge on any atom is -0.478 e. The SMILES string of the molecule is CC(C)(Oc1ccc2c(-c3ccccc3Cl)ccnc2c1)C(=O)N1CCCCC1. The molecule has 0 atom stereocenters. The van der Waals surface area contributed by atoms with Gasteiger partial charge in [0.25, 0.3) is 5.91 Å². The van der Waals surface area contributed by atoms with Gasteiger partial charge in [0, 0.05) is 41.3 Å². The number of hydrogen-bond donors (Lipinski definition) is 0. The van der Waals surface area contributed by atoms with E-state index in [0.717, 1.165) is 48.0 Å². The smallest absolute Gasteiger partial charge is 0.266 e. The van der Waals surface area contributed by atoms with E-state index in [-0.39, 0.29) is 5.91 Å². The molecule has 0 spiro atoms. The van der Waals surface area contributed by atoms with Gasteiger partial charge in [0.1, 0.15) is 5.75 Å². The molecule has 0 saturated carbocycles. The molecule has 3 aromatic rings. The Kier molecular flexibility index (Phi) is 5.46. The van der Waals surface area contributed by atoms with Crippen LogP contribution < -0.4 is 4.74 Å². The second-order valence-electron chi connectivity index (χ2n) is 7.98. The molecule has 1 fully saturated rings. The van der Waals surface area contributed by atoms with Crippen molar-refractivity contribution in [2.45, 2.75) is 38.7 Å². The van der Waals surface area contributed by atoms with Crippen molar-refractivity contribution in [2.24, 2.45) is 0 Å². The predicted octanol–water partition coefficient (Wildman–Crippen LogP) is 5.73. The predicted molar refractivity (Wildman–Crippen MR) is 117 cm³/mol. The molecule has 4 rings (SSSR count). The lowest BCUT2D eigenvalue weighted by molar-refractivity contribution is -0.146. The molecule has 1 aliphatic rings. The lowest BCUT2D eigenvalue weighted by Crippen LogP contribution is -2.50. The van der Waals surface area contributed by atoms with Gasteiger partial charge in [-0.2, -0.15) is 0 Å². The van der Waals surface area contributed by atoms with Gasteiger partial charge in [-0.1, -0.05) is 29.8 Å². The first kappa shape index (κ1) is 19.7. The van der Waals surface area contributed by atoms with Crippen LogP contribution in [0.25, 0.3) is 22.0 Å². The number of halogens is 1. The molecule has 1 aromatic heterocycles. The van der Waals surface area contributed by atoms with Crippen molar-refractivity contribution in [3.63, 3.8) is 0 Å². The van der Waals surface area contributed by atoms with E-state index in [1.165, 1.54) is 6.42 Å². The average molecular weight is 409 g/mol. The molecule has 2 aromatic carbocycles. The Morgan fingerprint density at radius 1 is 1.03 bits per heavy atom. The zero-order valence-electron chi connectivity index (χ0n) is 16.8. The summed E-state index contributed by atoms with van der Waals surface area (Å²) in [6.07, 6.45) is 5.09. The lowest BCUT2D eigenvalue weighted by atomic mass is 10.0. The number of carbonyl (C=O) groups excluding carboxylic acids is 1.